The Morgan fingerprint density at radius 1 is 0.862 bits per heavy atom. The molecule has 0 N–H and O–H groups in total. The van der Waals surface area contributed by atoms with E-state index in [1.807, 2.05) is 25.1 Å². The number of unbranched alkanes of at least 4 members (excludes halogenated alkanes) is 2. The molecule has 2 amide bonds. The fraction of sp³-hybridized carbons (Fsp3) is 0.273. The zero-order valence-electron chi connectivity index (χ0n) is 16.1. The van der Waals surface area contributed by atoms with Crippen LogP contribution in [0.1, 0.15) is 45.7 Å². The quantitative estimate of drug-likeness (QED) is 0.262. The predicted octanol–water partition coefficient (Wildman–Crippen LogP) is 4.19. The molecule has 146 valence electrons. The molecule has 1 aliphatic rings. The number of aromatic nitrogens is 3. The topological polar surface area (TPSA) is 67.6 Å². The molecule has 0 aliphatic carbocycles. The monoisotopic (exact) mass is 404 g/mol. The number of amides is 2. The smallest absolute Gasteiger partial charge is 0.261 e. The molecule has 0 unspecified atom stereocenters. The Morgan fingerprint density at radius 2 is 1.55 bits per heavy atom. The summed E-state index contributed by atoms with van der Waals surface area (Å²) in [6.07, 6.45) is 2.78. The molecule has 0 atom stereocenters. The second-order valence-electron chi connectivity index (χ2n) is 7.26. The number of imide groups is 1. The van der Waals surface area contributed by atoms with Crippen molar-refractivity contribution in [2.45, 2.75) is 31.2 Å². The van der Waals surface area contributed by atoms with Crippen LogP contribution < -0.4 is 0 Å². The minimum absolute atomic E-state index is 0.168. The summed E-state index contributed by atoms with van der Waals surface area (Å²) in [5, 5.41) is 1.02. The number of carbonyl (C=O) groups is 2. The lowest BCUT2D eigenvalue weighted by Gasteiger charge is -2.13. The molecule has 6 nitrogen and oxygen atoms in total. The molecule has 0 saturated carbocycles. The van der Waals surface area contributed by atoms with E-state index in [0.717, 1.165) is 52.5 Å². The zero-order valence-corrected chi connectivity index (χ0v) is 16.9. The molecule has 0 saturated heterocycles. The first kappa shape index (κ1) is 18.1. The minimum Gasteiger partial charge on any atom is -0.274 e. The molecule has 5 rings (SSSR count). The normalized spacial score (nSPS) is 13.9. The number of aryl methyl sites for hydroxylation is 1. The molecule has 0 spiro atoms. The fourth-order valence-corrected chi connectivity index (χ4v) is 5.02. The van der Waals surface area contributed by atoms with Crippen molar-refractivity contribution < 1.29 is 9.59 Å². The highest BCUT2D eigenvalue weighted by Crippen LogP contribution is 2.30. The van der Waals surface area contributed by atoms with Gasteiger partial charge in [-0.15, -0.1) is 11.8 Å². The van der Waals surface area contributed by atoms with Crippen molar-refractivity contribution in [1.82, 2.24) is 19.3 Å². The Balaban J connectivity index is 1.14. The minimum atomic E-state index is -0.168. The van der Waals surface area contributed by atoms with Gasteiger partial charge in [0, 0.05) is 6.54 Å². The van der Waals surface area contributed by atoms with Crippen LogP contribution in [-0.2, 0) is 0 Å². The van der Waals surface area contributed by atoms with Gasteiger partial charge in [0.1, 0.15) is 21.8 Å². The van der Waals surface area contributed by atoms with E-state index in [1.54, 1.807) is 36.0 Å². The standard InChI is InChI=1S/C22H20N4O2S/c1-14-19-20(24-18-11-7-10-17(23-14)26(18)19)29-13-6-2-5-12-25-21(27)15-8-3-4-9-16(15)22(25)28/h3-4,7-11H,2,5-6,12-13H2,1H3. The number of pyridine rings is 1. The SMILES string of the molecule is Cc1nc2cccc3nc(SCCCCCN4C(=O)c5ccccc5C4=O)c1n23. The average Bonchev–Trinajstić information content (AvgIpc) is 3.35. The number of rotatable bonds is 7. The van der Waals surface area contributed by atoms with Crippen molar-refractivity contribution in [3.63, 3.8) is 0 Å². The molecule has 0 bridgehead atoms. The third-order valence-corrected chi connectivity index (χ3v) is 6.41. The van der Waals surface area contributed by atoms with Crippen LogP contribution in [0.25, 0.3) is 16.8 Å². The van der Waals surface area contributed by atoms with Gasteiger partial charge in [0.05, 0.1) is 16.8 Å². The maximum absolute atomic E-state index is 12.4. The number of hydrogen-bond acceptors (Lipinski definition) is 5. The Labute approximate surface area is 172 Å². The molecule has 1 aliphatic heterocycles. The fourth-order valence-electron chi connectivity index (χ4n) is 3.94. The summed E-state index contributed by atoms with van der Waals surface area (Å²) in [7, 11) is 0. The van der Waals surface area contributed by atoms with Crippen molar-refractivity contribution in [3.05, 3.63) is 59.3 Å². The van der Waals surface area contributed by atoms with Crippen LogP contribution in [0.4, 0.5) is 0 Å². The predicted molar refractivity (Wildman–Crippen MR) is 113 cm³/mol. The van der Waals surface area contributed by atoms with E-state index in [-0.39, 0.29) is 11.8 Å². The highest BCUT2D eigenvalue weighted by molar-refractivity contribution is 7.99. The largest absolute Gasteiger partial charge is 0.274 e. The number of thioether (sulfide) groups is 1. The van der Waals surface area contributed by atoms with E-state index < -0.39 is 0 Å². The first-order valence-electron chi connectivity index (χ1n) is 9.80. The summed E-state index contributed by atoms with van der Waals surface area (Å²) in [5.74, 6) is 0.610. The molecule has 29 heavy (non-hydrogen) atoms. The second kappa shape index (κ2) is 7.15. The van der Waals surface area contributed by atoms with Gasteiger partial charge in [-0.3, -0.25) is 18.9 Å². The molecular weight excluding hydrogens is 384 g/mol. The van der Waals surface area contributed by atoms with Crippen LogP contribution in [0.15, 0.2) is 47.5 Å². The van der Waals surface area contributed by atoms with Crippen LogP contribution in [0.2, 0.25) is 0 Å². The van der Waals surface area contributed by atoms with E-state index in [1.165, 1.54) is 4.90 Å². The molecule has 0 radical (unpaired) electrons. The van der Waals surface area contributed by atoms with Crippen LogP contribution in [0, 0.1) is 6.92 Å². The van der Waals surface area contributed by atoms with Gasteiger partial charge < -0.3 is 0 Å². The highest BCUT2D eigenvalue weighted by atomic mass is 32.2. The van der Waals surface area contributed by atoms with Gasteiger partial charge in [0.2, 0.25) is 0 Å². The first-order valence-corrected chi connectivity index (χ1v) is 10.8. The lowest BCUT2D eigenvalue weighted by atomic mass is 10.1. The number of nitrogens with zero attached hydrogens (tertiary/aromatic N) is 4. The third kappa shape index (κ3) is 2.97. The second-order valence-corrected chi connectivity index (χ2v) is 8.34. The van der Waals surface area contributed by atoms with Gasteiger partial charge in [-0.1, -0.05) is 24.6 Å². The number of carbonyl (C=O) groups excluding carboxylic acids is 2. The lowest BCUT2D eigenvalue weighted by molar-refractivity contribution is 0.0651. The Kier molecular flexibility index (Phi) is 4.47. The highest BCUT2D eigenvalue weighted by Gasteiger charge is 2.34. The maximum atomic E-state index is 12.4. The van der Waals surface area contributed by atoms with Gasteiger partial charge in [-0.05, 0) is 49.8 Å². The van der Waals surface area contributed by atoms with Crippen molar-refractivity contribution in [1.29, 1.82) is 0 Å². The van der Waals surface area contributed by atoms with Crippen molar-refractivity contribution in [3.8, 4) is 0 Å². The van der Waals surface area contributed by atoms with E-state index in [0.29, 0.717) is 17.7 Å². The number of benzene rings is 1. The summed E-state index contributed by atoms with van der Waals surface area (Å²) in [6.45, 7) is 2.50. The van der Waals surface area contributed by atoms with E-state index in [4.69, 9.17) is 4.98 Å². The molecular formula is C22H20N4O2S. The zero-order chi connectivity index (χ0) is 20.0. The lowest BCUT2D eigenvalue weighted by Crippen LogP contribution is -2.30. The van der Waals surface area contributed by atoms with Crippen molar-refractivity contribution in [2.24, 2.45) is 0 Å². The molecule has 3 aromatic heterocycles. The van der Waals surface area contributed by atoms with E-state index in [2.05, 4.69) is 9.38 Å². The van der Waals surface area contributed by atoms with Crippen LogP contribution >= 0.6 is 11.8 Å². The van der Waals surface area contributed by atoms with Crippen LogP contribution in [-0.4, -0.2) is 43.4 Å². The summed E-state index contributed by atoms with van der Waals surface area (Å²) >= 11 is 1.75. The van der Waals surface area contributed by atoms with Gasteiger partial charge >= 0.3 is 0 Å². The number of fused-ring (bicyclic) bond motifs is 1. The first-order chi connectivity index (χ1) is 14.1. The number of imidazole rings is 2. The van der Waals surface area contributed by atoms with Crippen LogP contribution in [0.5, 0.6) is 0 Å². The summed E-state index contributed by atoms with van der Waals surface area (Å²) < 4.78 is 2.11. The van der Waals surface area contributed by atoms with Gasteiger partial charge in [-0.2, -0.15) is 0 Å². The van der Waals surface area contributed by atoms with Crippen LogP contribution in [0.3, 0.4) is 0 Å². The molecule has 7 heteroatoms. The van der Waals surface area contributed by atoms with Gasteiger partial charge in [-0.25, -0.2) is 9.97 Å². The number of hydrogen-bond donors (Lipinski definition) is 0. The van der Waals surface area contributed by atoms with Gasteiger partial charge in [0.25, 0.3) is 11.8 Å². The molecule has 0 fully saturated rings. The van der Waals surface area contributed by atoms with E-state index >= 15 is 0 Å². The Morgan fingerprint density at radius 3 is 2.28 bits per heavy atom. The Hall–Kier alpha value is -2.93. The molecule has 1 aromatic carbocycles. The van der Waals surface area contributed by atoms with Gasteiger partial charge in [0.15, 0.2) is 0 Å². The maximum Gasteiger partial charge on any atom is 0.261 e. The van der Waals surface area contributed by atoms with Crippen molar-refractivity contribution in [2.75, 3.05) is 12.3 Å². The summed E-state index contributed by atoms with van der Waals surface area (Å²) in [6, 6.07) is 13.0. The molecule has 4 aromatic rings. The Bertz CT molecular complexity index is 1200. The summed E-state index contributed by atoms with van der Waals surface area (Å²) in [4.78, 5) is 35.5. The molecule has 4 heterocycles. The average molecular weight is 404 g/mol. The third-order valence-electron chi connectivity index (χ3n) is 5.36. The summed E-state index contributed by atoms with van der Waals surface area (Å²) in [5.41, 5.74) is 5.03. The van der Waals surface area contributed by atoms with Crippen molar-refractivity contribution >= 4 is 40.4 Å². The van der Waals surface area contributed by atoms with E-state index in [9.17, 15) is 9.59 Å².